The van der Waals surface area contributed by atoms with E-state index in [1.165, 1.54) is 6.07 Å². The van der Waals surface area contributed by atoms with Gasteiger partial charge in [-0.15, -0.1) is 0 Å². The van der Waals surface area contributed by atoms with E-state index in [1.54, 1.807) is 13.1 Å². The molecule has 0 aliphatic carbocycles. The molecular formula is C10H11FINO. The van der Waals surface area contributed by atoms with E-state index in [4.69, 9.17) is 0 Å². The van der Waals surface area contributed by atoms with E-state index in [2.05, 4.69) is 5.32 Å². The molecular weight excluding hydrogens is 296 g/mol. The van der Waals surface area contributed by atoms with Crippen molar-refractivity contribution in [3.8, 4) is 0 Å². The van der Waals surface area contributed by atoms with Crippen molar-refractivity contribution in [2.24, 2.45) is 0 Å². The van der Waals surface area contributed by atoms with Gasteiger partial charge in [0.05, 0.1) is 3.57 Å². The molecule has 0 heterocycles. The molecule has 1 N–H and O–H groups in total. The Morgan fingerprint density at radius 2 is 2.29 bits per heavy atom. The third kappa shape index (κ3) is 2.94. The first-order chi connectivity index (χ1) is 6.65. The Hall–Kier alpha value is -0.650. The van der Waals surface area contributed by atoms with Gasteiger partial charge in [0, 0.05) is 13.5 Å². The quantitative estimate of drug-likeness (QED) is 0.852. The fraction of sp³-hybridized carbons (Fsp3) is 0.300. The molecule has 0 aliphatic heterocycles. The van der Waals surface area contributed by atoms with Gasteiger partial charge in [0.15, 0.2) is 0 Å². The summed E-state index contributed by atoms with van der Waals surface area (Å²) in [5.41, 5.74) is 0.884. The number of hydrogen-bond donors (Lipinski definition) is 1. The molecule has 2 nitrogen and oxygen atoms in total. The third-order valence-electron chi connectivity index (χ3n) is 1.93. The molecule has 1 aromatic carbocycles. The summed E-state index contributed by atoms with van der Waals surface area (Å²) >= 11 is 1.96. The van der Waals surface area contributed by atoms with E-state index in [0.29, 0.717) is 16.4 Å². The van der Waals surface area contributed by atoms with Crippen LogP contribution in [0.15, 0.2) is 18.2 Å². The molecule has 0 atom stereocenters. The Kier molecular flexibility index (Phi) is 4.31. The molecule has 0 bridgehead atoms. The van der Waals surface area contributed by atoms with E-state index >= 15 is 0 Å². The maximum absolute atomic E-state index is 13.1. The summed E-state index contributed by atoms with van der Waals surface area (Å²) in [6.45, 7) is 0. The van der Waals surface area contributed by atoms with E-state index in [9.17, 15) is 9.18 Å². The van der Waals surface area contributed by atoms with Crippen LogP contribution < -0.4 is 5.32 Å². The molecule has 4 heteroatoms. The Morgan fingerprint density at radius 1 is 1.57 bits per heavy atom. The van der Waals surface area contributed by atoms with Crippen LogP contribution in [0.3, 0.4) is 0 Å². The van der Waals surface area contributed by atoms with Crippen LogP contribution in [-0.4, -0.2) is 13.0 Å². The van der Waals surface area contributed by atoms with Gasteiger partial charge in [0.1, 0.15) is 5.82 Å². The summed E-state index contributed by atoms with van der Waals surface area (Å²) < 4.78 is 13.7. The minimum atomic E-state index is -0.222. The van der Waals surface area contributed by atoms with Gasteiger partial charge in [-0.2, -0.15) is 0 Å². The Bertz CT molecular complexity index is 341. The first kappa shape index (κ1) is 11.4. The lowest BCUT2D eigenvalue weighted by molar-refractivity contribution is -0.120. The van der Waals surface area contributed by atoms with Gasteiger partial charge in [-0.3, -0.25) is 4.79 Å². The number of carbonyl (C=O) groups excluding carboxylic acids is 1. The Balaban J connectivity index is 2.68. The lowest BCUT2D eigenvalue weighted by atomic mass is 10.1. The van der Waals surface area contributed by atoms with Crippen molar-refractivity contribution in [2.45, 2.75) is 12.8 Å². The fourth-order valence-electron chi connectivity index (χ4n) is 1.11. The van der Waals surface area contributed by atoms with E-state index in [0.717, 1.165) is 5.56 Å². The van der Waals surface area contributed by atoms with Crippen molar-refractivity contribution in [1.29, 1.82) is 0 Å². The number of halogens is 2. The number of carbonyl (C=O) groups is 1. The van der Waals surface area contributed by atoms with Gasteiger partial charge < -0.3 is 5.32 Å². The highest BCUT2D eigenvalue weighted by atomic mass is 127. The first-order valence-electron chi connectivity index (χ1n) is 4.28. The molecule has 1 aromatic rings. The van der Waals surface area contributed by atoms with Crippen molar-refractivity contribution >= 4 is 28.5 Å². The second-order valence-electron chi connectivity index (χ2n) is 2.89. The monoisotopic (exact) mass is 307 g/mol. The SMILES string of the molecule is CNC(=O)CCc1cccc(F)c1I. The Morgan fingerprint density at radius 3 is 2.93 bits per heavy atom. The minimum absolute atomic E-state index is 0.0231. The summed E-state index contributed by atoms with van der Waals surface area (Å²) in [7, 11) is 1.60. The van der Waals surface area contributed by atoms with Crippen LogP contribution in [0.4, 0.5) is 4.39 Å². The highest BCUT2D eigenvalue weighted by molar-refractivity contribution is 14.1. The van der Waals surface area contributed by atoms with Crippen molar-refractivity contribution in [2.75, 3.05) is 7.05 Å². The molecule has 0 aromatic heterocycles. The van der Waals surface area contributed by atoms with Crippen LogP contribution in [0.25, 0.3) is 0 Å². The fourth-order valence-corrected chi connectivity index (χ4v) is 1.74. The average Bonchev–Trinajstić information content (AvgIpc) is 2.20. The number of amides is 1. The van der Waals surface area contributed by atoms with Gasteiger partial charge in [-0.25, -0.2) is 4.39 Å². The van der Waals surface area contributed by atoms with Crippen LogP contribution in [0.5, 0.6) is 0 Å². The molecule has 0 radical (unpaired) electrons. The second kappa shape index (κ2) is 5.29. The molecule has 0 unspecified atom stereocenters. The molecule has 0 saturated heterocycles. The predicted molar refractivity (Wildman–Crippen MR) is 61.5 cm³/mol. The largest absolute Gasteiger partial charge is 0.359 e. The third-order valence-corrected chi connectivity index (χ3v) is 3.14. The highest BCUT2D eigenvalue weighted by Crippen LogP contribution is 2.17. The van der Waals surface area contributed by atoms with Gasteiger partial charge in [0.25, 0.3) is 0 Å². The van der Waals surface area contributed by atoms with Gasteiger partial charge in [-0.05, 0) is 40.6 Å². The van der Waals surface area contributed by atoms with Crippen LogP contribution in [0.2, 0.25) is 0 Å². The molecule has 0 aliphatic rings. The summed E-state index contributed by atoms with van der Waals surface area (Å²) in [5.74, 6) is -0.245. The van der Waals surface area contributed by atoms with Crippen LogP contribution in [0.1, 0.15) is 12.0 Å². The Labute approximate surface area is 96.0 Å². The standard InChI is InChI=1S/C10H11FINO/c1-13-9(14)6-5-7-3-2-4-8(11)10(7)12/h2-4H,5-6H2,1H3,(H,13,14). The zero-order valence-corrected chi connectivity index (χ0v) is 9.97. The van der Waals surface area contributed by atoms with Crippen molar-refractivity contribution in [3.63, 3.8) is 0 Å². The van der Waals surface area contributed by atoms with Crippen molar-refractivity contribution in [1.82, 2.24) is 5.32 Å². The number of benzene rings is 1. The summed E-state index contributed by atoms with van der Waals surface area (Å²) in [4.78, 5) is 11.0. The topological polar surface area (TPSA) is 29.1 Å². The summed E-state index contributed by atoms with van der Waals surface area (Å²) in [6.07, 6.45) is 0.978. The number of nitrogens with one attached hydrogen (secondary N) is 1. The predicted octanol–water partition coefficient (Wildman–Crippen LogP) is 2.11. The molecule has 0 fully saturated rings. The van der Waals surface area contributed by atoms with Crippen LogP contribution in [0, 0.1) is 9.39 Å². The van der Waals surface area contributed by atoms with Gasteiger partial charge in [0.2, 0.25) is 5.91 Å². The van der Waals surface area contributed by atoms with E-state index < -0.39 is 0 Å². The summed E-state index contributed by atoms with van der Waals surface area (Å²) in [6, 6.07) is 4.93. The number of rotatable bonds is 3. The highest BCUT2D eigenvalue weighted by Gasteiger charge is 2.06. The molecule has 76 valence electrons. The molecule has 1 rings (SSSR count). The normalized spacial score (nSPS) is 9.93. The molecule has 14 heavy (non-hydrogen) atoms. The zero-order valence-electron chi connectivity index (χ0n) is 7.81. The minimum Gasteiger partial charge on any atom is -0.359 e. The maximum Gasteiger partial charge on any atom is 0.220 e. The number of aryl methyl sites for hydroxylation is 1. The summed E-state index contributed by atoms with van der Waals surface area (Å²) in [5, 5.41) is 2.53. The van der Waals surface area contributed by atoms with Crippen molar-refractivity contribution in [3.05, 3.63) is 33.1 Å². The first-order valence-corrected chi connectivity index (χ1v) is 5.36. The van der Waals surface area contributed by atoms with Crippen LogP contribution >= 0.6 is 22.6 Å². The molecule has 0 spiro atoms. The molecule has 1 amide bonds. The van der Waals surface area contributed by atoms with E-state index in [-0.39, 0.29) is 11.7 Å². The second-order valence-corrected chi connectivity index (χ2v) is 3.96. The number of hydrogen-bond acceptors (Lipinski definition) is 1. The maximum atomic E-state index is 13.1. The van der Waals surface area contributed by atoms with Gasteiger partial charge >= 0.3 is 0 Å². The lowest BCUT2D eigenvalue weighted by Crippen LogP contribution is -2.18. The smallest absolute Gasteiger partial charge is 0.220 e. The molecule has 0 saturated carbocycles. The van der Waals surface area contributed by atoms with Gasteiger partial charge in [-0.1, -0.05) is 12.1 Å². The zero-order chi connectivity index (χ0) is 10.6. The van der Waals surface area contributed by atoms with E-state index in [1.807, 2.05) is 28.7 Å². The van der Waals surface area contributed by atoms with Crippen LogP contribution in [-0.2, 0) is 11.2 Å². The van der Waals surface area contributed by atoms with Crippen molar-refractivity contribution < 1.29 is 9.18 Å². The average molecular weight is 307 g/mol. The lowest BCUT2D eigenvalue weighted by Gasteiger charge is -2.04.